The summed E-state index contributed by atoms with van der Waals surface area (Å²) in [6.07, 6.45) is 35.0. The van der Waals surface area contributed by atoms with Gasteiger partial charge in [0, 0.05) is 25.9 Å². The summed E-state index contributed by atoms with van der Waals surface area (Å²) in [5.74, 6) is 0.882. The van der Waals surface area contributed by atoms with E-state index >= 15 is 0 Å². The zero-order chi connectivity index (χ0) is 48.7. The minimum atomic E-state index is -0.509. The molecule has 0 amide bonds. The zero-order valence-electron chi connectivity index (χ0n) is 44.5. The summed E-state index contributed by atoms with van der Waals surface area (Å²) in [6, 6.07) is -0.422. The number of carbonyl (C=O) groups is 4. The SMILES string of the molecule is CCCCCC(CCCCC)CCCOC(=O)CCCCCCCN1C[C@@H](OC(=O)CCN(C)C)C[C@H]1C(=O)OCCCCCCC(C)(C)C(=O)OCCCC(CCCCC)CCCCC. The summed E-state index contributed by atoms with van der Waals surface area (Å²) in [4.78, 5) is 55.5. The highest BCUT2D eigenvalue weighted by molar-refractivity contribution is 5.77. The van der Waals surface area contributed by atoms with Crippen LogP contribution in [-0.2, 0) is 38.1 Å². The Morgan fingerprint density at radius 3 is 1.59 bits per heavy atom. The molecule has 1 saturated heterocycles. The molecule has 0 aliphatic carbocycles. The van der Waals surface area contributed by atoms with Crippen molar-refractivity contribution in [2.45, 2.75) is 266 Å². The van der Waals surface area contributed by atoms with Gasteiger partial charge in [-0.25, -0.2) is 0 Å². The van der Waals surface area contributed by atoms with E-state index in [-0.39, 0.29) is 30.0 Å². The molecule has 0 bridgehead atoms. The normalized spacial score (nSPS) is 15.6. The van der Waals surface area contributed by atoms with E-state index in [4.69, 9.17) is 18.9 Å². The molecule has 1 aliphatic heterocycles. The van der Waals surface area contributed by atoms with Crippen molar-refractivity contribution in [3.8, 4) is 0 Å². The maximum atomic E-state index is 13.4. The minimum absolute atomic E-state index is 0.0749. The van der Waals surface area contributed by atoms with Crippen molar-refractivity contribution in [1.29, 1.82) is 0 Å². The molecule has 0 radical (unpaired) electrons. The second-order valence-electron chi connectivity index (χ2n) is 21.0. The first kappa shape index (κ1) is 61.8. The Kier molecular flexibility index (Phi) is 38.1. The van der Waals surface area contributed by atoms with Crippen LogP contribution in [0.15, 0.2) is 0 Å². The van der Waals surface area contributed by atoms with Gasteiger partial charge in [-0.05, 0) is 97.7 Å². The van der Waals surface area contributed by atoms with Crippen molar-refractivity contribution in [3.05, 3.63) is 0 Å². The van der Waals surface area contributed by atoms with Crippen LogP contribution in [0.5, 0.6) is 0 Å². The van der Waals surface area contributed by atoms with E-state index in [1.165, 1.54) is 103 Å². The van der Waals surface area contributed by atoms with E-state index in [9.17, 15) is 19.2 Å². The van der Waals surface area contributed by atoms with E-state index in [0.29, 0.717) is 52.2 Å². The van der Waals surface area contributed by atoms with E-state index in [0.717, 1.165) is 108 Å². The van der Waals surface area contributed by atoms with Crippen molar-refractivity contribution >= 4 is 23.9 Å². The van der Waals surface area contributed by atoms with Crippen LogP contribution in [-0.4, -0.2) is 99.4 Å². The fraction of sp³-hybridized carbons (Fsp3) is 0.929. The van der Waals surface area contributed by atoms with Gasteiger partial charge in [0.05, 0.1) is 31.7 Å². The summed E-state index contributed by atoms with van der Waals surface area (Å²) in [7, 11) is 3.87. The first-order valence-corrected chi connectivity index (χ1v) is 27.9. The summed E-state index contributed by atoms with van der Waals surface area (Å²) in [5, 5.41) is 0. The number of hydrogen-bond acceptors (Lipinski definition) is 10. The monoisotopic (exact) mass is 935 g/mol. The number of carbonyl (C=O) groups excluding carboxylic acids is 4. The average molecular weight is 935 g/mol. The van der Waals surface area contributed by atoms with Gasteiger partial charge in [0.15, 0.2) is 0 Å². The number of hydrogen-bond donors (Lipinski definition) is 0. The van der Waals surface area contributed by atoms with Crippen LogP contribution in [0.1, 0.15) is 253 Å². The molecule has 388 valence electrons. The van der Waals surface area contributed by atoms with Gasteiger partial charge in [0.2, 0.25) is 0 Å². The number of nitrogens with zero attached hydrogens (tertiary/aromatic N) is 2. The molecule has 2 atom stereocenters. The molecule has 0 saturated carbocycles. The van der Waals surface area contributed by atoms with Crippen molar-refractivity contribution in [3.63, 3.8) is 0 Å². The molecule has 0 unspecified atom stereocenters. The lowest BCUT2D eigenvalue weighted by atomic mass is 9.87. The molecule has 0 spiro atoms. The molecule has 66 heavy (non-hydrogen) atoms. The number of ether oxygens (including phenoxy) is 4. The van der Waals surface area contributed by atoms with Gasteiger partial charge in [0.1, 0.15) is 12.1 Å². The second-order valence-corrected chi connectivity index (χ2v) is 21.0. The van der Waals surface area contributed by atoms with Crippen molar-refractivity contribution < 1.29 is 38.1 Å². The molecule has 0 aromatic carbocycles. The summed E-state index contributed by atoms with van der Waals surface area (Å²) in [6.45, 7) is 16.4. The molecular formula is C56H106N2O8. The van der Waals surface area contributed by atoms with E-state index in [1.807, 2.05) is 32.8 Å². The number of esters is 4. The third-order valence-corrected chi connectivity index (χ3v) is 13.9. The molecule has 0 aromatic rings. The molecular weight excluding hydrogens is 829 g/mol. The highest BCUT2D eigenvalue weighted by Crippen LogP contribution is 2.28. The van der Waals surface area contributed by atoms with Gasteiger partial charge in [-0.15, -0.1) is 0 Å². The lowest BCUT2D eigenvalue weighted by Crippen LogP contribution is -2.38. The largest absolute Gasteiger partial charge is 0.466 e. The van der Waals surface area contributed by atoms with Crippen LogP contribution in [0, 0.1) is 17.3 Å². The van der Waals surface area contributed by atoms with Crippen LogP contribution in [0.3, 0.4) is 0 Å². The van der Waals surface area contributed by atoms with E-state index < -0.39 is 11.5 Å². The molecule has 0 N–H and O–H groups in total. The van der Waals surface area contributed by atoms with Gasteiger partial charge >= 0.3 is 23.9 Å². The fourth-order valence-electron chi connectivity index (χ4n) is 9.47. The number of rotatable bonds is 45. The molecule has 10 nitrogen and oxygen atoms in total. The maximum absolute atomic E-state index is 13.4. The van der Waals surface area contributed by atoms with Gasteiger partial charge in [-0.2, -0.15) is 0 Å². The third-order valence-electron chi connectivity index (χ3n) is 13.9. The van der Waals surface area contributed by atoms with Crippen LogP contribution in [0.2, 0.25) is 0 Å². The van der Waals surface area contributed by atoms with Crippen molar-refractivity contribution in [2.75, 3.05) is 53.6 Å². The second kappa shape index (κ2) is 40.7. The number of unbranched alkanes of at least 4 members (excludes halogenated alkanes) is 15. The summed E-state index contributed by atoms with van der Waals surface area (Å²) in [5.41, 5.74) is -0.509. The smallest absolute Gasteiger partial charge is 0.323 e. The Hall–Kier alpha value is -2.20. The zero-order valence-corrected chi connectivity index (χ0v) is 44.5. The van der Waals surface area contributed by atoms with Gasteiger partial charge in [-0.3, -0.25) is 24.1 Å². The Morgan fingerprint density at radius 1 is 0.545 bits per heavy atom. The van der Waals surface area contributed by atoms with E-state index in [2.05, 4.69) is 32.6 Å². The predicted octanol–water partition coefficient (Wildman–Crippen LogP) is 14.0. The third kappa shape index (κ3) is 32.5. The first-order chi connectivity index (χ1) is 31.9. The van der Waals surface area contributed by atoms with Crippen LogP contribution >= 0.6 is 0 Å². The molecule has 1 rings (SSSR count). The lowest BCUT2D eigenvalue weighted by molar-refractivity contribution is -0.154. The Balaban J connectivity index is 2.42. The quantitative estimate of drug-likeness (QED) is 0.0332. The van der Waals surface area contributed by atoms with Crippen molar-refractivity contribution in [2.24, 2.45) is 17.3 Å². The summed E-state index contributed by atoms with van der Waals surface area (Å²) < 4.78 is 23.0. The fourth-order valence-corrected chi connectivity index (χ4v) is 9.47. The van der Waals surface area contributed by atoms with E-state index in [1.54, 1.807) is 0 Å². The maximum Gasteiger partial charge on any atom is 0.323 e. The average Bonchev–Trinajstić information content (AvgIpc) is 3.69. The standard InChI is InChI=1S/C56H106N2O8/c1-9-13-22-32-48(33-23-14-10-2)36-30-44-63-52(59)38-26-18-17-20-28-41-58-47-50(66-53(60)39-42-57(7)8)46-51(58)54(61)64-43-29-21-19-27-40-56(5,6)55(62)65-45-31-37-49(34-24-15-11-3)35-25-16-12-4/h48-51H,9-47H2,1-8H3/t50-,51-/m0/s1. The molecule has 1 aliphatic rings. The Morgan fingerprint density at radius 2 is 1.03 bits per heavy atom. The molecule has 1 heterocycles. The van der Waals surface area contributed by atoms with Gasteiger partial charge in [0.25, 0.3) is 0 Å². The van der Waals surface area contributed by atoms with Gasteiger partial charge in [-0.1, -0.05) is 169 Å². The molecule has 10 heteroatoms. The number of likely N-dealkylation sites (tertiary alicyclic amines) is 1. The van der Waals surface area contributed by atoms with Crippen molar-refractivity contribution in [1.82, 2.24) is 9.80 Å². The predicted molar refractivity (Wildman–Crippen MR) is 272 cm³/mol. The van der Waals surface area contributed by atoms with Crippen LogP contribution in [0.25, 0.3) is 0 Å². The molecule has 0 aromatic heterocycles. The minimum Gasteiger partial charge on any atom is -0.466 e. The highest BCUT2D eigenvalue weighted by Gasteiger charge is 2.39. The Labute approximate surface area is 406 Å². The molecule has 1 fully saturated rings. The van der Waals surface area contributed by atoms with Crippen LogP contribution < -0.4 is 0 Å². The first-order valence-electron chi connectivity index (χ1n) is 27.9. The highest BCUT2D eigenvalue weighted by atomic mass is 16.6. The lowest BCUT2D eigenvalue weighted by Gasteiger charge is -2.23. The van der Waals surface area contributed by atoms with Crippen LogP contribution in [0.4, 0.5) is 0 Å². The summed E-state index contributed by atoms with van der Waals surface area (Å²) >= 11 is 0. The van der Waals surface area contributed by atoms with Gasteiger partial charge < -0.3 is 23.8 Å². The topological polar surface area (TPSA) is 112 Å². The Bertz CT molecular complexity index is 1190.